The van der Waals surface area contributed by atoms with Crippen LogP contribution in [0.1, 0.15) is 55.3 Å². The molecular formula is C19H26Cl2N2O3. The van der Waals surface area contributed by atoms with Gasteiger partial charge < -0.3 is 15.4 Å². The Bertz CT molecular complexity index is 631. The zero-order valence-corrected chi connectivity index (χ0v) is 16.6. The maximum absolute atomic E-state index is 12.3. The van der Waals surface area contributed by atoms with Crippen molar-refractivity contribution in [2.45, 2.75) is 44.9 Å². The molecule has 1 aliphatic carbocycles. The van der Waals surface area contributed by atoms with Gasteiger partial charge in [-0.25, -0.2) is 0 Å². The number of rotatable bonds is 8. The van der Waals surface area contributed by atoms with E-state index in [0.717, 1.165) is 6.42 Å². The molecule has 7 heteroatoms. The summed E-state index contributed by atoms with van der Waals surface area (Å²) in [7, 11) is 1.43. The number of halogens is 2. The third-order valence-electron chi connectivity index (χ3n) is 4.73. The maximum atomic E-state index is 12.3. The molecule has 1 saturated carbocycles. The summed E-state index contributed by atoms with van der Waals surface area (Å²) in [5.41, 5.74) is 0.199. The topological polar surface area (TPSA) is 67.4 Å². The fourth-order valence-corrected chi connectivity index (χ4v) is 3.78. The second-order valence-electron chi connectivity index (χ2n) is 6.59. The van der Waals surface area contributed by atoms with E-state index < -0.39 is 0 Å². The van der Waals surface area contributed by atoms with E-state index in [-0.39, 0.29) is 28.1 Å². The molecule has 0 aromatic heterocycles. The van der Waals surface area contributed by atoms with Crippen molar-refractivity contribution in [3.8, 4) is 5.75 Å². The molecule has 0 aliphatic heterocycles. The molecule has 0 radical (unpaired) electrons. The lowest BCUT2D eigenvalue weighted by Gasteiger charge is -2.21. The van der Waals surface area contributed by atoms with E-state index >= 15 is 0 Å². The number of benzene rings is 1. The van der Waals surface area contributed by atoms with E-state index in [2.05, 4.69) is 10.6 Å². The summed E-state index contributed by atoms with van der Waals surface area (Å²) >= 11 is 12.1. The first-order chi connectivity index (χ1) is 12.5. The molecule has 26 heavy (non-hydrogen) atoms. The van der Waals surface area contributed by atoms with Gasteiger partial charge in [0.15, 0.2) is 5.75 Å². The van der Waals surface area contributed by atoms with E-state index in [1.165, 1.54) is 39.2 Å². The predicted molar refractivity (Wildman–Crippen MR) is 104 cm³/mol. The van der Waals surface area contributed by atoms with Gasteiger partial charge >= 0.3 is 0 Å². The van der Waals surface area contributed by atoms with Crippen LogP contribution in [0.25, 0.3) is 0 Å². The van der Waals surface area contributed by atoms with Crippen molar-refractivity contribution in [1.82, 2.24) is 10.6 Å². The Morgan fingerprint density at radius 3 is 2.42 bits per heavy atom. The summed E-state index contributed by atoms with van der Waals surface area (Å²) in [5.74, 6) is 0.578. The molecule has 2 N–H and O–H groups in total. The van der Waals surface area contributed by atoms with Gasteiger partial charge in [-0.15, -0.1) is 0 Å². The molecular weight excluding hydrogens is 375 g/mol. The Kier molecular flexibility index (Phi) is 8.52. The Hall–Kier alpha value is -1.46. The summed E-state index contributed by atoms with van der Waals surface area (Å²) in [5, 5.41) is 6.15. The second-order valence-corrected chi connectivity index (χ2v) is 7.40. The van der Waals surface area contributed by atoms with Crippen LogP contribution in [0.5, 0.6) is 5.75 Å². The van der Waals surface area contributed by atoms with Crippen LogP contribution in [0.15, 0.2) is 12.1 Å². The lowest BCUT2D eigenvalue weighted by Crippen LogP contribution is -2.35. The standard InChI is InChI=1S/C19H26Cl2N2O3/c1-26-18-15(21)9-8-14(20)17(18)19(25)23-12-11-22-16(24)10-7-13-5-3-2-4-6-13/h8-9,13H,2-7,10-12H2,1H3,(H,22,24)(H,23,25). The molecule has 1 fully saturated rings. The first-order valence-corrected chi connectivity index (χ1v) is 9.85. The van der Waals surface area contributed by atoms with Gasteiger partial charge in [0.2, 0.25) is 5.91 Å². The highest BCUT2D eigenvalue weighted by Crippen LogP contribution is 2.33. The number of hydrogen-bond acceptors (Lipinski definition) is 3. The quantitative estimate of drug-likeness (QED) is 0.642. The van der Waals surface area contributed by atoms with E-state index in [9.17, 15) is 9.59 Å². The number of hydrogen-bond donors (Lipinski definition) is 2. The van der Waals surface area contributed by atoms with Gasteiger partial charge in [-0.05, 0) is 24.5 Å². The Labute approximate surface area is 164 Å². The van der Waals surface area contributed by atoms with Crippen LogP contribution < -0.4 is 15.4 Å². The Morgan fingerprint density at radius 2 is 1.73 bits per heavy atom. The molecule has 0 saturated heterocycles. The third-order valence-corrected chi connectivity index (χ3v) is 5.34. The van der Waals surface area contributed by atoms with Gasteiger partial charge in [-0.1, -0.05) is 55.3 Å². The zero-order valence-electron chi connectivity index (χ0n) is 15.1. The van der Waals surface area contributed by atoms with Crippen molar-refractivity contribution in [2.24, 2.45) is 5.92 Å². The minimum Gasteiger partial charge on any atom is -0.494 e. The molecule has 0 spiro atoms. The largest absolute Gasteiger partial charge is 0.494 e. The van der Waals surface area contributed by atoms with E-state index in [1.54, 1.807) is 12.1 Å². The van der Waals surface area contributed by atoms with Gasteiger partial charge in [0, 0.05) is 19.5 Å². The summed E-state index contributed by atoms with van der Waals surface area (Å²) < 4.78 is 5.17. The average molecular weight is 401 g/mol. The highest BCUT2D eigenvalue weighted by Gasteiger charge is 2.19. The number of amides is 2. The first kappa shape index (κ1) is 20.8. The maximum Gasteiger partial charge on any atom is 0.256 e. The van der Waals surface area contributed by atoms with Gasteiger partial charge in [-0.2, -0.15) is 0 Å². The zero-order chi connectivity index (χ0) is 18.9. The highest BCUT2D eigenvalue weighted by molar-refractivity contribution is 6.37. The average Bonchev–Trinajstić information content (AvgIpc) is 2.65. The monoisotopic (exact) mass is 400 g/mol. The van der Waals surface area contributed by atoms with Crippen LogP contribution >= 0.6 is 23.2 Å². The molecule has 1 aromatic rings. The number of methoxy groups -OCH3 is 1. The van der Waals surface area contributed by atoms with Crippen molar-refractivity contribution in [3.05, 3.63) is 27.7 Å². The van der Waals surface area contributed by atoms with Crippen LogP contribution in [0.2, 0.25) is 10.0 Å². The van der Waals surface area contributed by atoms with E-state index in [1.807, 2.05) is 0 Å². The summed E-state index contributed by atoms with van der Waals surface area (Å²) in [6.45, 7) is 0.676. The smallest absolute Gasteiger partial charge is 0.256 e. The van der Waals surface area contributed by atoms with Crippen LogP contribution in [0, 0.1) is 5.92 Å². The molecule has 0 unspecified atom stereocenters. The minimum atomic E-state index is -0.384. The van der Waals surface area contributed by atoms with Crippen molar-refractivity contribution in [3.63, 3.8) is 0 Å². The first-order valence-electron chi connectivity index (χ1n) is 9.09. The Balaban J connectivity index is 1.71. The van der Waals surface area contributed by atoms with E-state index in [4.69, 9.17) is 27.9 Å². The summed E-state index contributed by atoms with van der Waals surface area (Å²) in [6.07, 6.45) is 7.88. The number of nitrogens with one attached hydrogen (secondary N) is 2. The summed E-state index contributed by atoms with van der Waals surface area (Å²) in [4.78, 5) is 24.2. The van der Waals surface area contributed by atoms with Crippen LogP contribution in [-0.4, -0.2) is 32.0 Å². The molecule has 0 heterocycles. The van der Waals surface area contributed by atoms with Gasteiger partial charge in [0.25, 0.3) is 5.91 Å². The van der Waals surface area contributed by atoms with Gasteiger partial charge in [-0.3, -0.25) is 9.59 Å². The van der Waals surface area contributed by atoms with Crippen LogP contribution in [-0.2, 0) is 4.79 Å². The highest BCUT2D eigenvalue weighted by atomic mass is 35.5. The Morgan fingerprint density at radius 1 is 1.08 bits per heavy atom. The van der Waals surface area contributed by atoms with Gasteiger partial charge in [0.1, 0.15) is 5.56 Å². The molecule has 144 valence electrons. The lowest BCUT2D eigenvalue weighted by atomic mass is 9.86. The number of ether oxygens (including phenoxy) is 1. The van der Waals surface area contributed by atoms with Crippen LogP contribution in [0.3, 0.4) is 0 Å². The fraction of sp³-hybridized carbons (Fsp3) is 0.579. The van der Waals surface area contributed by atoms with Crippen molar-refractivity contribution >= 4 is 35.0 Å². The second kappa shape index (κ2) is 10.6. The lowest BCUT2D eigenvalue weighted by molar-refractivity contribution is -0.121. The SMILES string of the molecule is COc1c(Cl)ccc(Cl)c1C(=O)NCCNC(=O)CCC1CCCCC1. The van der Waals surface area contributed by atoms with Crippen molar-refractivity contribution in [1.29, 1.82) is 0 Å². The normalized spacial score (nSPS) is 14.7. The van der Waals surface area contributed by atoms with E-state index in [0.29, 0.717) is 30.5 Å². The molecule has 2 amide bonds. The molecule has 1 aromatic carbocycles. The molecule has 1 aliphatic rings. The molecule has 2 rings (SSSR count). The minimum absolute atomic E-state index is 0.0307. The van der Waals surface area contributed by atoms with Crippen LogP contribution in [0.4, 0.5) is 0 Å². The van der Waals surface area contributed by atoms with Gasteiger partial charge in [0.05, 0.1) is 17.2 Å². The van der Waals surface area contributed by atoms with Crippen molar-refractivity contribution < 1.29 is 14.3 Å². The fourth-order valence-electron chi connectivity index (χ4n) is 3.31. The number of carbonyl (C=O) groups is 2. The molecule has 5 nitrogen and oxygen atoms in total. The summed E-state index contributed by atoms with van der Waals surface area (Å²) in [6, 6.07) is 3.13. The third kappa shape index (κ3) is 6.06. The molecule has 0 atom stereocenters. The van der Waals surface area contributed by atoms with Crippen molar-refractivity contribution in [2.75, 3.05) is 20.2 Å². The molecule has 0 bridgehead atoms. The number of carbonyl (C=O) groups excluding carboxylic acids is 2. The predicted octanol–water partition coefficient (Wildman–Crippen LogP) is 4.21.